The lowest BCUT2D eigenvalue weighted by Gasteiger charge is -2.40. The fraction of sp³-hybridized carbons (Fsp3) is 0.381. The number of amides is 1. The van der Waals surface area contributed by atoms with E-state index in [1.54, 1.807) is 24.3 Å². The van der Waals surface area contributed by atoms with Crippen molar-refractivity contribution in [3.8, 4) is 0 Å². The van der Waals surface area contributed by atoms with E-state index in [0.29, 0.717) is 16.6 Å². The molecule has 3 rings (SSSR count). The molecular weight excluding hydrogens is 383 g/mol. The Morgan fingerprint density at radius 2 is 1.81 bits per heavy atom. The Labute approximate surface area is 172 Å². The van der Waals surface area contributed by atoms with Gasteiger partial charge in [-0.25, -0.2) is 0 Å². The number of anilines is 1. The maximum Gasteiger partial charge on any atom is 0.255 e. The van der Waals surface area contributed by atoms with Crippen molar-refractivity contribution in [2.24, 2.45) is 0 Å². The highest BCUT2D eigenvalue weighted by atomic mass is 35.5. The quantitative estimate of drug-likeness (QED) is 0.758. The molecule has 0 atom stereocenters. The summed E-state index contributed by atoms with van der Waals surface area (Å²) in [6.07, 6.45) is 2.22. The first-order chi connectivity index (χ1) is 12.4. The van der Waals surface area contributed by atoms with Gasteiger partial charge in [0.25, 0.3) is 5.91 Å². The first-order valence-corrected chi connectivity index (χ1v) is 9.38. The molecule has 0 spiro atoms. The molecule has 1 aliphatic rings. The number of carbonyl (C=O) groups excluding carboxylic acids is 1. The molecule has 146 valence electrons. The number of benzene rings is 2. The highest BCUT2D eigenvalue weighted by molar-refractivity contribution is 6.31. The third-order valence-corrected chi connectivity index (χ3v) is 5.30. The van der Waals surface area contributed by atoms with Gasteiger partial charge in [-0.2, -0.15) is 0 Å². The molecule has 0 aromatic heterocycles. The van der Waals surface area contributed by atoms with Crippen molar-refractivity contribution >= 4 is 23.2 Å². The molecule has 0 aliphatic carbocycles. The van der Waals surface area contributed by atoms with E-state index >= 15 is 0 Å². The summed E-state index contributed by atoms with van der Waals surface area (Å²) in [7, 11) is 4.57. The zero-order valence-corrected chi connectivity index (χ0v) is 17.3. The SMILES string of the molecule is C[N+](C)(Cc1ccc(NC(=O)c2cccc(Cl)c2)cc1)C1CCOCC1.[Cl-]. The molecule has 6 heteroatoms. The van der Waals surface area contributed by atoms with Crippen molar-refractivity contribution in [3.63, 3.8) is 0 Å². The molecule has 1 aliphatic heterocycles. The average molecular weight is 409 g/mol. The van der Waals surface area contributed by atoms with Crippen molar-refractivity contribution in [2.75, 3.05) is 32.6 Å². The van der Waals surface area contributed by atoms with Gasteiger partial charge < -0.3 is 26.9 Å². The highest BCUT2D eigenvalue weighted by Crippen LogP contribution is 2.23. The molecule has 1 saturated heterocycles. The number of nitrogens with one attached hydrogen (secondary N) is 1. The van der Waals surface area contributed by atoms with E-state index in [0.717, 1.165) is 42.8 Å². The van der Waals surface area contributed by atoms with Crippen LogP contribution in [0.3, 0.4) is 0 Å². The summed E-state index contributed by atoms with van der Waals surface area (Å²) in [4.78, 5) is 12.3. The first-order valence-electron chi connectivity index (χ1n) is 9.00. The zero-order chi connectivity index (χ0) is 18.6. The summed E-state index contributed by atoms with van der Waals surface area (Å²) in [6, 6.07) is 15.7. The van der Waals surface area contributed by atoms with Crippen LogP contribution < -0.4 is 17.7 Å². The van der Waals surface area contributed by atoms with Gasteiger partial charge in [-0.05, 0) is 30.3 Å². The van der Waals surface area contributed by atoms with Crippen LogP contribution in [0.2, 0.25) is 5.02 Å². The van der Waals surface area contributed by atoms with Gasteiger partial charge in [-0.3, -0.25) is 4.79 Å². The van der Waals surface area contributed by atoms with Crippen LogP contribution in [0, 0.1) is 0 Å². The normalized spacial score (nSPS) is 15.1. The number of ether oxygens (including phenoxy) is 1. The van der Waals surface area contributed by atoms with Gasteiger partial charge in [-0.1, -0.05) is 29.8 Å². The van der Waals surface area contributed by atoms with Crippen molar-refractivity contribution in [2.45, 2.75) is 25.4 Å². The molecule has 0 bridgehead atoms. The summed E-state index contributed by atoms with van der Waals surface area (Å²) in [5.41, 5.74) is 2.61. The minimum atomic E-state index is -0.154. The summed E-state index contributed by atoms with van der Waals surface area (Å²) in [5.74, 6) is -0.154. The van der Waals surface area contributed by atoms with Gasteiger partial charge in [0.2, 0.25) is 0 Å². The van der Waals surface area contributed by atoms with Crippen LogP contribution in [0.1, 0.15) is 28.8 Å². The monoisotopic (exact) mass is 408 g/mol. The van der Waals surface area contributed by atoms with Crippen LogP contribution in [0.4, 0.5) is 5.69 Å². The minimum absolute atomic E-state index is 0. The van der Waals surface area contributed by atoms with Crippen LogP contribution >= 0.6 is 11.6 Å². The van der Waals surface area contributed by atoms with Gasteiger partial charge in [0, 0.05) is 34.7 Å². The first kappa shape index (κ1) is 21.7. The second kappa shape index (κ2) is 9.56. The number of halogens is 2. The summed E-state index contributed by atoms with van der Waals surface area (Å²) in [5, 5.41) is 3.48. The van der Waals surface area contributed by atoms with E-state index < -0.39 is 0 Å². The average Bonchev–Trinajstić information content (AvgIpc) is 2.64. The number of carbonyl (C=O) groups is 1. The molecular formula is C21H26Cl2N2O2. The maximum atomic E-state index is 12.3. The lowest BCUT2D eigenvalue weighted by Crippen LogP contribution is -3.00. The van der Waals surface area contributed by atoms with Crippen LogP contribution in [0.5, 0.6) is 0 Å². The molecule has 1 N–H and O–H groups in total. The Morgan fingerprint density at radius 3 is 2.44 bits per heavy atom. The van der Waals surface area contributed by atoms with Crippen LogP contribution in [0.25, 0.3) is 0 Å². The predicted octanol–water partition coefficient (Wildman–Crippen LogP) is 1.35. The number of hydrogen-bond acceptors (Lipinski definition) is 2. The molecule has 0 radical (unpaired) electrons. The van der Waals surface area contributed by atoms with Gasteiger partial charge in [0.05, 0.1) is 33.4 Å². The molecule has 0 saturated carbocycles. The van der Waals surface area contributed by atoms with Crippen molar-refractivity contribution < 1.29 is 26.4 Å². The largest absolute Gasteiger partial charge is 1.00 e. The van der Waals surface area contributed by atoms with E-state index in [2.05, 4.69) is 31.5 Å². The molecule has 2 aromatic rings. The fourth-order valence-corrected chi connectivity index (χ4v) is 3.70. The van der Waals surface area contributed by atoms with Gasteiger partial charge in [-0.15, -0.1) is 0 Å². The molecule has 1 fully saturated rings. The molecule has 1 amide bonds. The van der Waals surface area contributed by atoms with E-state index in [1.165, 1.54) is 5.56 Å². The second-order valence-corrected chi connectivity index (χ2v) is 7.88. The zero-order valence-electron chi connectivity index (χ0n) is 15.8. The Kier molecular flexibility index (Phi) is 7.68. The second-order valence-electron chi connectivity index (χ2n) is 7.44. The Morgan fingerprint density at radius 1 is 1.15 bits per heavy atom. The summed E-state index contributed by atoms with van der Waals surface area (Å²) < 4.78 is 6.44. The van der Waals surface area contributed by atoms with Gasteiger partial charge in [0.15, 0.2) is 0 Å². The van der Waals surface area contributed by atoms with Crippen molar-refractivity contribution in [1.82, 2.24) is 0 Å². The predicted molar refractivity (Wildman–Crippen MR) is 106 cm³/mol. The number of rotatable bonds is 5. The van der Waals surface area contributed by atoms with Crippen molar-refractivity contribution in [3.05, 3.63) is 64.7 Å². The third kappa shape index (κ3) is 5.94. The summed E-state index contributed by atoms with van der Waals surface area (Å²) in [6.45, 7) is 2.69. The summed E-state index contributed by atoms with van der Waals surface area (Å²) >= 11 is 5.95. The molecule has 2 aromatic carbocycles. The Hall–Kier alpha value is -1.59. The highest BCUT2D eigenvalue weighted by Gasteiger charge is 2.30. The van der Waals surface area contributed by atoms with Crippen LogP contribution in [0.15, 0.2) is 48.5 Å². The third-order valence-electron chi connectivity index (χ3n) is 5.07. The van der Waals surface area contributed by atoms with Gasteiger partial charge >= 0.3 is 0 Å². The molecule has 4 nitrogen and oxygen atoms in total. The molecule has 1 heterocycles. The number of hydrogen-bond donors (Lipinski definition) is 1. The van der Waals surface area contributed by atoms with Crippen molar-refractivity contribution in [1.29, 1.82) is 0 Å². The van der Waals surface area contributed by atoms with Crippen LogP contribution in [-0.4, -0.2) is 43.7 Å². The standard InChI is InChI=1S/C21H25ClN2O2.ClH/c1-24(2,20-10-12-26-13-11-20)15-16-6-8-19(9-7-16)23-21(25)17-4-3-5-18(22)14-17;/h3-9,14,20H,10-13,15H2,1-2H3;1H. The van der Waals surface area contributed by atoms with Gasteiger partial charge in [0.1, 0.15) is 6.54 Å². The lowest BCUT2D eigenvalue weighted by molar-refractivity contribution is -0.929. The maximum absolute atomic E-state index is 12.3. The Balaban J connectivity index is 0.00000261. The fourth-order valence-electron chi connectivity index (χ4n) is 3.51. The lowest BCUT2D eigenvalue weighted by atomic mass is 10.0. The minimum Gasteiger partial charge on any atom is -1.00 e. The Bertz CT molecular complexity index is 757. The van der Waals surface area contributed by atoms with E-state index in [-0.39, 0.29) is 18.3 Å². The smallest absolute Gasteiger partial charge is 0.255 e. The topological polar surface area (TPSA) is 38.3 Å². The van der Waals surface area contributed by atoms with Crippen LogP contribution in [-0.2, 0) is 11.3 Å². The van der Waals surface area contributed by atoms with E-state index in [1.807, 2.05) is 12.1 Å². The molecule has 0 unspecified atom stereocenters. The van der Waals surface area contributed by atoms with E-state index in [4.69, 9.17) is 16.3 Å². The number of quaternary nitrogens is 1. The van der Waals surface area contributed by atoms with E-state index in [9.17, 15) is 4.79 Å². The molecule has 27 heavy (non-hydrogen) atoms. The number of nitrogens with zero attached hydrogens (tertiary/aromatic N) is 1.